The number of rotatable bonds is 6. The van der Waals surface area contributed by atoms with Crippen LogP contribution in [0.5, 0.6) is 17.2 Å². The van der Waals surface area contributed by atoms with Gasteiger partial charge in [0.05, 0.1) is 6.61 Å². The molecule has 0 radical (unpaired) electrons. The zero-order valence-corrected chi connectivity index (χ0v) is 12.6. The maximum absolute atomic E-state index is 13.7. The third-order valence-corrected chi connectivity index (χ3v) is 3.79. The van der Waals surface area contributed by atoms with E-state index in [-0.39, 0.29) is 5.82 Å². The van der Waals surface area contributed by atoms with Crippen molar-refractivity contribution in [2.24, 2.45) is 0 Å². The number of methoxy groups -OCH3 is 1. The molecule has 0 aliphatic heterocycles. The summed E-state index contributed by atoms with van der Waals surface area (Å²) in [6, 6.07) is 10.6. The summed E-state index contributed by atoms with van der Waals surface area (Å²) >= 11 is 0. The Morgan fingerprint density at radius 3 is 2.41 bits per heavy atom. The van der Waals surface area contributed by atoms with Gasteiger partial charge in [-0.1, -0.05) is 0 Å². The lowest BCUT2D eigenvalue weighted by Crippen LogP contribution is -2.03. The molecule has 0 aromatic heterocycles. The van der Waals surface area contributed by atoms with Crippen molar-refractivity contribution >= 4 is 0 Å². The van der Waals surface area contributed by atoms with Crippen LogP contribution in [0.3, 0.4) is 0 Å². The van der Waals surface area contributed by atoms with Gasteiger partial charge in [0.1, 0.15) is 29.7 Å². The Labute approximate surface area is 129 Å². The molecule has 0 bridgehead atoms. The van der Waals surface area contributed by atoms with Crippen LogP contribution in [0.15, 0.2) is 36.4 Å². The van der Waals surface area contributed by atoms with Crippen LogP contribution in [0, 0.1) is 5.82 Å². The second-order valence-corrected chi connectivity index (χ2v) is 5.27. The molecule has 1 aliphatic carbocycles. The fourth-order valence-electron chi connectivity index (χ4n) is 2.70. The summed E-state index contributed by atoms with van der Waals surface area (Å²) in [5.74, 6) is 2.12. The lowest BCUT2D eigenvalue weighted by Gasteiger charge is -2.12. The molecule has 116 valence electrons. The zero-order valence-electron chi connectivity index (χ0n) is 12.6. The average Bonchev–Trinajstić information content (AvgIpc) is 3.03. The van der Waals surface area contributed by atoms with E-state index < -0.39 is 0 Å². The van der Waals surface area contributed by atoms with E-state index in [1.54, 1.807) is 13.2 Å². The van der Waals surface area contributed by atoms with Gasteiger partial charge in [0.25, 0.3) is 0 Å². The highest BCUT2D eigenvalue weighted by molar-refractivity contribution is 5.46. The molecule has 0 heterocycles. The number of ether oxygens (including phenoxy) is 3. The maximum atomic E-state index is 13.7. The van der Waals surface area contributed by atoms with Gasteiger partial charge in [-0.3, -0.25) is 0 Å². The standard InChI is InChI=1S/C18H19FO3/c1-20-11-12-21-13-5-7-14(8-6-13)22-18-10-9-17(19)15-3-2-4-16(15)18/h5-10H,2-4,11-12H2,1H3. The van der Waals surface area contributed by atoms with Crippen molar-refractivity contribution in [3.8, 4) is 17.2 Å². The van der Waals surface area contributed by atoms with E-state index in [9.17, 15) is 4.39 Å². The smallest absolute Gasteiger partial charge is 0.131 e. The van der Waals surface area contributed by atoms with Crippen molar-refractivity contribution in [2.75, 3.05) is 20.3 Å². The molecule has 3 nitrogen and oxygen atoms in total. The van der Waals surface area contributed by atoms with Gasteiger partial charge in [0.2, 0.25) is 0 Å². The summed E-state index contributed by atoms with van der Waals surface area (Å²) in [6.45, 7) is 1.07. The monoisotopic (exact) mass is 302 g/mol. The lowest BCUT2D eigenvalue weighted by atomic mass is 10.1. The predicted octanol–water partition coefficient (Wildman–Crippen LogP) is 4.13. The van der Waals surface area contributed by atoms with Gasteiger partial charge in [-0.05, 0) is 61.2 Å². The minimum Gasteiger partial charge on any atom is -0.491 e. The minimum absolute atomic E-state index is 0.123. The number of halogens is 1. The fourth-order valence-corrected chi connectivity index (χ4v) is 2.70. The van der Waals surface area contributed by atoms with Crippen molar-refractivity contribution in [1.29, 1.82) is 0 Å². The van der Waals surface area contributed by atoms with Crippen LogP contribution in [0.1, 0.15) is 17.5 Å². The molecule has 0 N–H and O–H groups in total. The third kappa shape index (κ3) is 3.22. The second kappa shape index (κ2) is 6.79. The third-order valence-electron chi connectivity index (χ3n) is 3.79. The quantitative estimate of drug-likeness (QED) is 0.751. The predicted molar refractivity (Wildman–Crippen MR) is 82.3 cm³/mol. The summed E-state index contributed by atoms with van der Waals surface area (Å²) in [4.78, 5) is 0. The molecule has 2 aromatic rings. The number of benzene rings is 2. The molecule has 22 heavy (non-hydrogen) atoms. The minimum atomic E-state index is -0.123. The van der Waals surface area contributed by atoms with E-state index in [4.69, 9.17) is 14.2 Å². The fraction of sp³-hybridized carbons (Fsp3) is 0.333. The molecule has 0 amide bonds. The van der Waals surface area contributed by atoms with Gasteiger partial charge in [0, 0.05) is 12.7 Å². The van der Waals surface area contributed by atoms with Gasteiger partial charge >= 0.3 is 0 Å². The lowest BCUT2D eigenvalue weighted by molar-refractivity contribution is 0.146. The summed E-state index contributed by atoms with van der Waals surface area (Å²) in [7, 11) is 1.64. The normalized spacial score (nSPS) is 13.0. The molecule has 0 saturated carbocycles. The van der Waals surface area contributed by atoms with Crippen LogP contribution in [-0.2, 0) is 17.6 Å². The van der Waals surface area contributed by atoms with Crippen LogP contribution in [0.2, 0.25) is 0 Å². The molecule has 4 heteroatoms. The number of hydrogen-bond acceptors (Lipinski definition) is 3. The summed E-state index contributed by atoms with van der Waals surface area (Å²) in [5, 5.41) is 0. The molecule has 2 aromatic carbocycles. The van der Waals surface area contributed by atoms with Crippen molar-refractivity contribution in [3.63, 3.8) is 0 Å². The second-order valence-electron chi connectivity index (χ2n) is 5.27. The largest absolute Gasteiger partial charge is 0.491 e. The highest BCUT2D eigenvalue weighted by Crippen LogP contribution is 2.35. The van der Waals surface area contributed by atoms with Crippen LogP contribution in [0.25, 0.3) is 0 Å². The molecule has 0 fully saturated rings. The van der Waals surface area contributed by atoms with Crippen LogP contribution in [0.4, 0.5) is 4.39 Å². The van der Waals surface area contributed by atoms with Crippen molar-refractivity contribution in [1.82, 2.24) is 0 Å². The van der Waals surface area contributed by atoms with Crippen molar-refractivity contribution in [3.05, 3.63) is 53.3 Å². The maximum Gasteiger partial charge on any atom is 0.131 e. The first-order valence-corrected chi connectivity index (χ1v) is 7.48. The highest BCUT2D eigenvalue weighted by atomic mass is 19.1. The van der Waals surface area contributed by atoms with Gasteiger partial charge in [-0.15, -0.1) is 0 Å². The molecular formula is C18H19FO3. The topological polar surface area (TPSA) is 27.7 Å². The SMILES string of the molecule is COCCOc1ccc(Oc2ccc(F)c3c2CCC3)cc1. The van der Waals surface area contributed by atoms with E-state index in [0.717, 1.165) is 47.6 Å². The van der Waals surface area contributed by atoms with Gasteiger partial charge in [0.15, 0.2) is 0 Å². The van der Waals surface area contributed by atoms with Crippen LogP contribution in [-0.4, -0.2) is 20.3 Å². The van der Waals surface area contributed by atoms with E-state index in [2.05, 4.69) is 0 Å². The summed E-state index contributed by atoms with van der Waals surface area (Å²) < 4.78 is 30.1. The zero-order chi connectivity index (χ0) is 15.4. The molecule has 3 rings (SSSR count). The van der Waals surface area contributed by atoms with E-state index >= 15 is 0 Å². The Kier molecular flexibility index (Phi) is 4.59. The Morgan fingerprint density at radius 2 is 1.64 bits per heavy atom. The molecule has 0 saturated heterocycles. The Bertz CT molecular complexity index is 638. The molecule has 0 spiro atoms. The van der Waals surface area contributed by atoms with Crippen LogP contribution >= 0.6 is 0 Å². The number of hydrogen-bond donors (Lipinski definition) is 0. The molecule has 0 unspecified atom stereocenters. The first-order chi connectivity index (χ1) is 10.8. The molecule has 0 atom stereocenters. The Morgan fingerprint density at radius 1 is 0.909 bits per heavy atom. The van der Waals surface area contributed by atoms with Gasteiger partial charge in [-0.2, -0.15) is 0 Å². The Hall–Kier alpha value is -2.07. The first kappa shape index (κ1) is 14.9. The van der Waals surface area contributed by atoms with E-state index in [1.165, 1.54) is 6.07 Å². The summed E-state index contributed by atoms with van der Waals surface area (Å²) in [6.07, 6.45) is 2.66. The van der Waals surface area contributed by atoms with Crippen molar-refractivity contribution in [2.45, 2.75) is 19.3 Å². The molecular weight excluding hydrogens is 283 g/mol. The van der Waals surface area contributed by atoms with Gasteiger partial charge in [-0.25, -0.2) is 4.39 Å². The van der Waals surface area contributed by atoms with Crippen LogP contribution < -0.4 is 9.47 Å². The van der Waals surface area contributed by atoms with Crippen molar-refractivity contribution < 1.29 is 18.6 Å². The van der Waals surface area contributed by atoms with Gasteiger partial charge < -0.3 is 14.2 Å². The first-order valence-electron chi connectivity index (χ1n) is 7.48. The Balaban J connectivity index is 1.70. The highest BCUT2D eigenvalue weighted by Gasteiger charge is 2.19. The van der Waals surface area contributed by atoms with E-state index in [0.29, 0.717) is 13.2 Å². The summed E-state index contributed by atoms with van der Waals surface area (Å²) in [5.41, 5.74) is 1.80. The van der Waals surface area contributed by atoms with E-state index in [1.807, 2.05) is 24.3 Å². The molecule has 1 aliphatic rings. The number of fused-ring (bicyclic) bond motifs is 1. The average molecular weight is 302 g/mol.